The number of ether oxygens (including phenoxy) is 1. The molecule has 0 bridgehead atoms. The number of hydrogen-bond acceptors (Lipinski definition) is 7. The Morgan fingerprint density at radius 2 is 2.13 bits per heavy atom. The molecule has 0 spiro atoms. The molecule has 0 radical (unpaired) electrons. The Morgan fingerprint density at radius 1 is 1.27 bits per heavy atom. The number of anilines is 1. The Balaban J connectivity index is 1.85. The van der Waals surface area contributed by atoms with Crippen LogP contribution in [0.1, 0.15) is 38.9 Å². The highest BCUT2D eigenvalue weighted by molar-refractivity contribution is 5.93. The van der Waals surface area contributed by atoms with Crippen LogP contribution in [-0.4, -0.2) is 41.1 Å². The molecular formula is C21H26N8O. The molecule has 9 nitrogen and oxygen atoms in total. The fraction of sp³-hybridized carbons (Fsp3) is 0.381. The van der Waals surface area contributed by atoms with E-state index in [2.05, 4.69) is 41.2 Å². The first-order valence-electron chi connectivity index (χ1n) is 10.1. The zero-order valence-electron chi connectivity index (χ0n) is 17.7. The van der Waals surface area contributed by atoms with E-state index in [9.17, 15) is 0 Å². The van der Waals surface area contributed by atoms with Crippen molar-refractivity contribution < 1.29 is 4.74 Å². The van der Waals surface area contributed by atoms with Crippen molar-refractivity contribution in [2.45, 2.75) is 46.8 Å². The standard InChI is InChI=1S/C21H26N8O/c1-5-9-30-21-16(7-6-8-23-21)17-10-18(24-13-28-12-22-11-25-28)20-19(26-17)15(4)27-29(20)14(2)3/h6-8,10-12,14H,5,9,13H2,1-4H3,(H,24,26). The predicted molar refractivity (Wildman–Crippen MR) is 115 cm³/mol. The topological polar surface area (TPSA) is 95.6 Å². The smallest absolute Gasteiger partial charge is 0.222 e. The third kappa shape index (κ3) is 3.83. The van der Waals surface area contributed by atoms with Gasteiger partial charge in [0.15, 0.2) is 0 Å². The molecule has 4 heterocycles. The van der Waals surface area contributed by atoms with Crippen LogP contribution in [0.4, 0.5) is 5.69 Å². The third-order valence-electron chi connectivity index (χ3n) is 4.70. The first-order valence-corrected chi connectivity index (χ1v) is 10.1. The fourth-order valence-corrected chi connectivity index (χ4v) is 3.31. The van der Waals surface area contributed by atoms with E-state index in [4.69, 9.17) is 14.8 Å². The molecule has 0 saturated heterocycles. The van der Waals surface area contributed by atoms with Gasteiger partial charge in [-0.15, -0.1) is 0 Å². The molecule has 0 aromatic carbocycles. The molecule has 0 fully saturated rings. The van der Waals surface area contributed by atoms with Gasteiger partial charge in [-0.3, -0.25) is 4.68 Å². The summed E-state index contributed by atoms with van der Waals surface area (Å²) in [4.78, 5) is 13.4. The summed E-state index contributed by atoms with van der Waals surface area (Å²) < 4.78 is 9.60. The Bertz CT molecular complexity index is 1130. The molecule has 0 saturated carbocycles. The number of nitrogens with zero attached hydrogens (tertiary/aromatic N) is 7. The molecule has 30 heavy (non-hydrogen) atoms. The highest BCUT2D eigenvalue weighted by Crippen LogP contribution is 2.34. The van der Waals surface area contributed by atoms with Crippen molar-refractivity contribution in [3.63, 3.8) is 0 Å². The second-order valence-corrected chi connectivity index (χ2v) is 7.35. The van der Waals surface area contributed by atoms with Gasteiger partial charge in [0.1, 0.15) is 30.4 Å². The summed E-state index contributed by atoms with van der Waals surface area (Å²) in [6.07, 6.45) is 5.84. The van der Waals surface area contributed by atoms with Crippen molar-refractivity contribution >= 4 is 16.7 Å². The SMILES string of the molecule is CCCOc1ncccc1-c1cc(NCn2cncn2)c2c(n1)c(C)nn2C(C)C. The van der Waals surface area contributed by atoms with E-state index in [0.29, 0.717) is 19.2 Å². The lowest BCUT2D eigenvalue weighted by Gasteiger charge is -2.15. The van der Waals surface area contributed by atoms with Crippen molar-refractivity contribution in [1.82, 2.24) is 34.5 Å². The maximum absolute atomic E-state index is 5.87. The number of aromatic nitrogens is 7. The van der Waals surface area contributed by atoms with Crippen molar-refractivity contribution in [3.05, 3.63) is 42.7 Å². The number of pyridine rings is 2. The number of hydrogen-bond donors (Lipinski definition) is 1. The van der Waals surface area contributed by atoms with Crippen LogP contribution < -0.4 is 10.1 Å². The Labute approximate surface area is 175 Å². The van der Waals surface area contributed by atoms with E-state index < -0.39 is 0 Å². The van der Waals surface area contributed by atoms with E-state index in [-0.39, 0.29) is 6.04 Å². The second kappa shape index (κ2) is 8.48. The minimum atomic E-state index is 0.197. The van der Waals surface area contributed by atoms with Gasteiger partial charge in [-0.1, -0.05) is 6.92 Å². The summed E-state index contributed by atoms with van der Waals surface area (Å²) in [5.74, 6) is 0.585. The van der Waals surface area contributed by atoms with Gasteiger partial charge in [0.2, 0.25) is 5.88 Å². The number of aryl methyl sites for hydroxylation is 1. The van der Waals surface area contributed by atoms with Crippen LogP contribution in [0.3, 0.4) is 0 Å². The maximum atomic E-state index is 5.87. The van der Waals surface area contributed by atoms with Crippen LogP contribution in [0.25, 0.3) is 22.3 Å². The summed E-state index contributed by atoms with van der Waals surface area (Å²) >= 11 is 0. The molecule has 156 valence electrons. The molecule has 0 aliphatic carbocycles. The monoisotopic (exact) mass is 406 g/mol. The number of fused-ring (bicyclic) bond motifs is 1. The van der Waals surface area contributed by atoms with E-state index in [0.717, 1.165) is 40.1 Å². The molecule has 4 aromatic heterocycles. The second-order valence-electron chi connectivity index (χ2n) is 7.35. The van der Waals surface area contributed by atoms with Crippen molar-refractivity contribution in [2.24, 2.45) is 0 Å². The van der Waals surface area contributed by atoms with E-state index in [1.165, 1.54) is 6.33 Å². The molecule has 9 heteroatoms. The lowest BCUT2D eigenvalue weighted by atomic mass is 10.1. The lowest BCUT2D eigenvalue weighted by Crippen LogP contribution is -2.11. The minimum absolute atomic E-state index is 0.197. The van der Waals surface area contributed by atoms with Crippen molar-refractivity contribution in [3.8, 4) is 17.1 Å². The maximum Gasteiger partial charge on any atom is 0.222 e. The summed E-state index contributed by atoms with van der Waals surface area (Å²) in [6, 6.07) is 6.10. The van der Waals surface area contributed by atoms with Gasteiger partial charge < -0.3 is 10.1 Å². The van der Waals surface area contributed by atoms with Gasteiger partial charge in [-0.25, -0.2) is 19.6 Å². The fourth-order valence-electron chi connectivity index (χ4n) is 3.31. The largest absolute Gasteiger partial charge is 0.477 e. The molecule has 0 aliphatic rings. The molecule has 1 N–H and O–H groups in total. The molecule has 0 amide bonds. The zero-order chi connectivity index (χ0) is 21.1. The average Bonchev–Trinajstić information content (AvgIpc) is 3.39. The van der Waals surface area contributed by atoms with Gasteiger partial charge in [0.25, 0.3) is 0 Å². The summed E-state index contributed by atoms with van der Waals surface area (Å²) in [7, 11) is 0. The van der Waals surface area contributed by atoms with Crippen LogP contribution in [0, 0.1) is 6.92 Å². The number of rotatable bonds is 8. The summed E-state index contributed by atoms with van der Waals surface area (Å²) in [5, 5.41) is 12.4. The van der Waals surface area contributed by atoms with E-state index >= 15 is 0 Å². The zero-order valence-corrected chi connectivity index (χ0v) is 17.7. The van der Waals surface area contributed by atoms with Crippen LogP contribution in [0.15, 0.2) is 37.1 Å². The van der Waals surface area contributed by atoms with Gasteiger partial charge >= 0.3 is 0 Å². The van der Waals surface area contributed by atoms with Gasteiger partial charge in [-0.2, -0.15) is 10.2 Å². The lowest BCUT2D eigenvalue weighted by molar-refractivity contribution is 0.306. The van der Waals surface area contributed by atoms with Gasteiger partial charge in [-0.05, 0) is 45.4 Å². The normalized spacial score (nSPS) is 11.4. The van der Waals surface area contributed by atoms with E-state index in [1.807, 2.05) is 29.8 Å². The molecular weight excluding hydrogens is 380 g/mol. The van der Waals surface area contributed by atoms with Crippen LogP contribution in [0.2, 0.25) is 0 Å². The summed E-state index contributed by atoms with van der Waals surface area (Å²) in [6.45, 7) is 9.36. The third-order valence-corrected chi connectivity index (χ3v) is 4.70. The quantitative estimate of drug-likeness (QED) is 0.475. The van der Waals surface area contributed by atoms with Crippen LogP contribution >= 0.6 is 0 Å². The highest BCUT2D eigenvalue weighted by Gasteiger charge is 2.19. The molecule has 4 aromatic rings. The molecule has 4 rings (SSSR count). The van der Waals surface area contributed by atoms with Crippen molar-refractivity contribution in [1.29, 1.82) is 0 Å². The van der Waals surface area contributed by atoms with Crippen LogP contribution in [0.5, 0.6) is 5.88 Å². The van der Waals surface area contributed by atoms with Gasteiger partial charge in [0.05, 0.1) is 29.2 Å². The minimum Gasteiger partial charge on any atom is -0.477 e. The molecule has 0 atom stereocenters. The first-order chi connectivity index (χ1) is 14.6. The van der Waals surface area contributed by atoms with Crippen LogP contribution in [-0.2, 0) is 6.67 Å². The Hall–Kier alpha value is -3.49. The average molecular weight is 406 g/mol. The first kappa shape index (κ1) is 19.8. The summed E-state index contributed by atoms with van der Waals surface area (Å²) in [5.41, 5.74) is 5.26. The van der Waals surface area contributed by atoms with E-state index in [1.54, 1.807) is 17.2 Å². The molecule has 0 unspecified atom stereocenters. The van der Waals surface area contributed by atoms with Crippen molar-refractivity contribution in [2.75, 3.05) is 11.9 Å². The molecule has 0 aliphatic heterocycles. The van der Waals surface area contributed by atoms with Gasteiger partial charge in [0, 0.05) is 12.2 Å². The predicted octanol–water partition coefficient (Wildman–Crippen LogP) is 3.83. The number of nitrogens with one attached hydrogen (secondary N) is 1. The Kier molecular flexibility index (Phi) is 5.60. The Morgan fingerprint density at radius 3 is 2.87 bits per heavy atom. The highest BCUT2D eigenvalue weighted by atomic mass is 16.5.